The molecule has 2 rings (SSSR count). The van der Waals surface area contributed by atoms with Gasteiger partial charge in [-0.25, -0.2) is 18.2 Å². The number of ether oxygens (including phenoxy) is 2. The van der Waals surface area contributed by atoms with E-state index in [1.807, 2.05) is 6.07 Å². The molecule has 192 valence electrons. The summed E-state index contributed by atoms with van der Waals surface area (Å²) in [6, 6.07) is 5.40. The van der Waals surface area contributed by atoms with Gasteiger partial charge in [0.15, 0.2) is 0 Å². The van der Waals surface area contributed by atoms with Crippen molar-refractivity contribution in [2.45, 2.75) is 96.3 Å². The maximum Gasteiger partial charge on any atom is 0.408 e. The summed E-state index contributed by atoms with van der Waals surface area (Å²) in [5.41, 5.74) is -0.897. The van der Waals surface area contributed by atoms with Crippen LogP contribution in [0.25, 0.3) is 0 Å². The second kappa shape index (κ2) is 10.6. The second-order valence-corrected chi connectivity index (χ2v) is 13.6. The van der Waals surface area contributed by atoms with Gasteiger partial charge in [-0.3, -0.25) is 4.78 Å². The van der Waals surface area contributed by atoms with Crippen LogP contribution in [0.3, 0.4) is 0 Å². The minimum atomic E-state index is -3.05. The van der Waals surface area contributed by atoms with E-state index in [1.165, 1.54) is 12.1 Å². The topological polar surface area (TPSA) is 106 Å². The Labute approximate surface area is 203 Å². The van der Waals surface area contributed by atoms with Crippen LogP contribution in [0.1, 0.15) is 79.2 Å². The number of nitrogens with one attached hydrogen (secondary N) is 2. The number of benzene rings is 1. The third-order valence-corrected chi connectivity index (χ3v) is 7.54. The van der Waals surface area contributed by atoms with E-state index in [1.54, 1.807) is 47.6 Å². The molecule has 0 aliphatic heterocycles. The van der Waals surface area contributed by atoms with E-state index < -0.39 is 39.0 Å². The predicted molar refractivity (Wildman–Crippen MR) is 131 cm³/mol. The quantitative estimate of drug-likeness (QED) is 0.449. The number of rotatable bonds is 9. The smallest absolute Gasteiger partial charge is 0.408 e. The van der Waals surface area contributed by atoms with Gasteiger partial charge < -0.3 is 14.8 Å². The van der Waals surface area contributed by atoms with Gasteiger partial charge in [0.25, 0.3) is 0 Å². The minimum absolute atomic E-state index is 0.0105. The summed E-state index contributed by atoms with van der Waals surface area (Å²) in [6.45, 7) is 10.3. The molecule has 2 atom stereocenters. The van der Waals surface area contributed by atoms with Crippen molar-refractivity contribution >= 4 is 21.8 Å². The van der Waals surface area contributed by atoms with Crippen molar-refractivity contribution in [3.63, 3.8) is 0 Å². The first-order valence-electron chi connectivity index (χ1n) is 11.7. The van der Waals surface area contributed by atoms with Crippen LogP contribution in [0.4, 0.5) is 9.18 Å². The summed E-state index contributed by atoms with van der Waals surface area (Å²) in [4.78, 5) is 24.9. The van der Waals surface area contributed by atoms with Crippen molar-refractivity contribution < 1.29 is 27.7 Å². The molecular weight excluding hydrogens is 459 g/mol. The SMILES string of the molecule is CC(C)(C)OC(=O)N[C@@H](CCS(=N)(=O)CCC1(c2cccc(F)c2)CCC1)C(=O)OC(C)(C)C. The Kier molecular flexibility index (Phi) is 8.77. The molecule has 9 heteroatoms. The lowest BCUT2D eigenvalue weighted by molar-refractivity contribution is -0.157. The predicted octanol–water partition coefficient (Wildman–Crippen LogP) is 5.31. The summed E-state index contributed by atoms with van der Waals surface area (Å²) in [5, 5.41) is 2.51. The number of carbonyl (C=O) groups is 2. The normalized spacial score (nSPS) is 18.2. The maximum atomic E-state index is 13.8. The zero-order valence-electron chi connectivity index (χ0n) is 21.2. The number of carbonyl (C=O) groups excluding carboxylic acids is 2. The van der Waals surface area contributed by atoms with Gasteiger partial charge in [0.1, 0.15) is 23.1 Å². The van der Waals surface area contributed by atoms with Gasteiger partial charge in [-0.2, -0.15) is 0 Å². The van der Waals surface area contributed by atoms with Crippen LogP contribution >= 0.6 is 0 Å². The third kappa shape index (κ3) is 8.89. The molecule has 1 amide bonds. The van der Waals surface area contributed by atoms with Crippen LogP contribution in [0, 0.1) is 10.6 Å². The Bertz CT molecular complexity index is 976. The van der Waals surface area contributed by atoms with Crippen LogP contribution < -0.4 is 5.32 Å². The molecule has 1 aliphatic carbocycles. The number of hydrogen-bond donors (Lipinski definition) is 2. The standard InChI is InChI=1S/C25H39FN2O5S/c1-23(2,3)32-21(29)20(28-22(30)33-24(4,5)6)11-15-34(27,31)16-14-25(12-8-13-25)18-9-7-10-19(26)17-18/h7,9-10,17,20,27H,8,11-16H2,1-6H3,(H,28,30)/t20-,34?/m0/s1. The average Bonchev–Trinajstić information content (AvgIpc) is 2.61. The second-order valence-electron chi connectivity index (χ2n) is 11.1. The Morgan fingerprint density at radius 2 is 1.74 bits per heavy atom. The third-order valence-electron chi connectivity index (χ3n) is 5.78. The van der Waals surface area contributed by atoms with Gasteiger partial charge in [-0.15, -0.1) is 0 Å². The maximum absolute atomic E-state index is 13.8. The van der Waals surface area contributed by atoms with Crippen LogP contribution in [-0.2, 0) is 29.4 Å². The Morgan fingerprint density at radius 3 is 2.24 bits per heavy atom. The van der Waals surface area contributed by atoms with E-state index in [4.69, 9.17) is 14.3 Å². The van der Waals surface area contributed by atoms with Crippen molar-refractivity contribution in [1.29, 1.82) is 4.78 Å². The molecular formula is C25H39FN2O5S. The molecule has 0 radical (unpaired) electrons. The van der Waals surface area contributed by atoms with E-state index in [-0.39, 0.29) is 29.2 Å². The van der Waals surface area contributed by atoms with Gasteiger partial charge in [-0.05, 0) is 90.3 Å². The van der Waals surface area contributed by atoms with Gasteiger partial charge in [0.2, 0.25) is 0 Å². The van der Waals surface area contributed by atoms with Crippen LogP contribution in [0.2, 0.25) is 0 Å². The van der Waals surface area contributed by atoms with Crippen molar-refractivity contribution in [2.24, 2.45) is 0 Å². The summed E-state index contributed by atoms with van der Waals surface area (Å²) in [6.07, 6.45) is 2.47. The molecule has 1 unspecified atom stereocenters. The largest absolute Gasteiger partial charge is 0.458 e. The monoisotopic (exact) mass is 498 g/mol. The lowest BCUT2D eigenvalue weighted by Crippen LogP contribution is -2.46. The highest BCUT2D eigenvalue weighted by atomic mass is 32.2. The zero-order valence-corrected chi connectivity index (χ0v) is 22.0. The van der Waals surface area contributed by atoms with E-state index in [0.717, 1.165) is 24.8 Å². The first-order valence-corrected chi connectivity index (χ1v) is 13.6. The number of esters is 1. The Morgan fingerprint density at radius 1 is 1.12 bits per heavy atom. The zero-order chi connectivity index (χ0) is 25.8. The van der Waals surface area contributed by atoms with E-state index in [2.05, 4.69) is 5.32 Å². The van der Waals surface area contributed by atoms with E-state index in [9.17, 15) is 18.2 Å². The first-order chi connectivity index (χ1) is 15.5. The molecule has 34 heavy (non-hydrogen) atoms. The molecule has 0 heterocycles. The fraction of sp³-hybridized carbons (Fsp3) is 0.680. The number of amides is 1. The summed E-state index contributed by atoms with van der Waals surface area (Å²) >= 11 is 0. The van der Waals surface area contributed by atoms with Crippen LogP contribution in [0.5, 0.6) is 0 Å². The van der Waals surface area contributed by atoms with Crippen molar-refractivity contribution in [2.75, 3.05) is 11.5 Å². The van der Waals surface area contributed by atoms with Crippen LogP contribution in [0.15, 0.2) is 24.3 Å². The van der Waals surface area contributed by atoms with Gasteiger partial charge >= 0.3 is 12.1 Å². The highest BCUT2D eigenvalue weighted by Crippen LogP contribution is 2.46. The van der Waals surface area contributed by atoms with E-state index in [0.29, 0.717) is 6.42 Å². The average molecular weight is 499 g/mol. The van der Waals surface area contributed by atoms with Gasteiger partial charge in [-0.1, -0.05) is 18.6 Å². The number of hydrogen-bond acceptors (Lipinski definition) is 6. The van der Waals surface area contributed by atoms with Crippen LogP contribution in [-0.4, -0.2) is 45.0 Å². The Balaban J connectivity index is 2.05. The molecule has 1 saturated carbocycles. The van der Waals surface area contributed by atoms with E-state index >= 15 is 0 Å². The highest BCUT2D eigenvalue weighted by Gasteiger charge is 2.39. The van der Waals surface area contributed by atoms with Crippen molar-refractivity contribution in [1.82, 2.24) is 5.32 Å². The summed E-state index contributed by atoms with van der Waals surface area (Å²) in [7, 11) is -3.05. The minimum Gasteiger partial charge on any atom is -0.458 e. The molecule has 1 aromatic rings. The van der Waals surface area contributed by atoms with Gasteiger partial charge in [0, 0.05) is 21.2 Å². The van der Waals surface area contributed by atoms with Crippen molar-refractivity contribution in [3.8, 4) is 0 Å². The molecule has 1 fully saturated rings. The highest BCUT2D eigenvalue weighted by molar-refractivity contribution is 7.92. The molecule has 0 bridgehead atoms. The molecule has 1 aliphatic rings. The fourth-order valence-corrected chi connectivity index (χ4v) is 5.49. The number of halogens is 1. The van der Waals surface area contributed by atoms with Crippen molar-refractivity contribution in [3.05, 3.63) is 35.6 Å². The first kappa shape index (κ1) is 28.1. The summed E-state index contributed by atoms with van der Waals surface area (Å²) < 4.78 is 45.9. The molecule has 1 aromatic carbocycles. The summed E-state index contributed by atoms with van der Waals surface area (Å²) in [5.74, 6) is -0.907. The lowest BCUT2D eigenvalue weighted by Gasteiger charge is -2.43. The fourth-order valence-electron chi connectivity index (χ4n) is 3.95. The molecule has 0 saturated heterocycles. The molecule has 2 N–H and O–H groups in total. The molecule has 0 aromatic heterocycles. The van der Waals surface area contributed by atoms with Gasteiger partial charge in [0.05, 0.1) is 0 Å². The lowest BCUT2D eigenvalue weighted by atomic mass is 9.63. The Hall–Kier alpha value is -2.16. The number of alkyl carbamates (subject to hydrolysis) is 1. The molecule has 0 spiro atoms. The molecule has 7 nitrogen and oxygen atoms in total.